The molecule has 0 saturated heterocycles. The molecule has 0 bridgehead atoms. The number of alkyl halides is 3. The molecule has 1 amide bonds. The van der Waals surface area contributed by atoms with Gasteiger partial charge in [-0.3, -0.25) is 14.3 Å². The minimum atomic E-state index is -4.65. The summed E-state index contributed by atoms with van der Waals surface area (Å²) in [7, 11) is 0. The van der Waals surface area contributed by atoms with Crippen molar-refractivity contribution in [3.8, 4) is 0 Å². The highest BCUT2D eigenvalue weighted by molar-refractivity contribution is 7.17. The molecule has 0 aliphatic rings. The summed E-state index contributed by atoms with van der Waals surface area (Å²) < 4.78 is 40.6. The van der Waals surface area contributed by atoms with Crippen LogP contribution in [0.5, 0.6) is 0 Å². The largest absolute Gasteiger partial charge is 0.433 e. The van der Waals surface area contributed by atoms with Crippen LogP contribution in [0.2, 0.25) is 5.15 Å². The number of primary amides is 1. The maximum atomic E-state index is 13.0. The first-order chi connectivity index (χ1) is 11.6. The van der Waals surface area contributed by atoms with Gasteiger partial charge >= 0.3 is 6.18 Å². The number of nitrogens with two attached hydrogens (primary N) is 1. The summed E-state index contributed by atoms with van der Waals surface area (Å²) in [6.45, 7) is 1.18. The molecule has 25 heavy (non-hydrogen) atoms. The van der Waals surface area contributed by atoms with Crippen molar-refractivity contribution in [2.45, 2.75) is 19.6 Å². The Bertz CT molecular complexity index is 1050. The van der Waals surface area contributed by atoms with Crippen LogP contribution in [0, 0.1) is 6.92 Å². The van der Waals surface area contributed by atoms with Crippen molar-refractivity contribution in [3.05, 3.63) is 49.6 Å². The van der Waals surface area contributed by atoms with Crippen molar-refractivity contribution >= 4 is 33.8 Å². The lowest BCUT2D eigenvalue weighted by Crippen LogP contribution is -2.24. The second-order valence-corrected chi connectivity index (χ2v) is 6.65. The van der Waals surface area contributed by atoms with Crippen LogP contribution in [0.1, 0.15) is 26.8 Å². The number of aromatic nitrogens is 4. The number of nitrogens with zero attached hydrogens (tertiary/aromatic N) is 4. The summed E-state index contributed by atoms with van der Waals surface area (Å²) in [5.41, 5.74) is 3.63. The fourth-order valence-electron chi connectivity index (χ4n) is 2.38. The van der Waals surface area contributed by atoms with Gasteiger partial charge in [0.15, 0.2) is 10.1 Å². The Morgan fingerprint density at radius 3 is 2.68 bits per heavy atom. The minimum absolute atomic E-state index is 0.00200. The number of hydrogen-bond acceptors (Lipinski definition) is 5. The van der Waals surface area contributed by atoms with Crippen LogP contribution < -0.4 is 11.3 Å². The lowest BCUT2D eigenvalue weighted by atomic mass is 10.3. The van der Waals surface area contributed by atoms with Crippen LogP contribution in [0.4, 0.5) is 13.2 Å². The first kappa shape index (κ1) is 17.4. The third kappa shape index (κ3) is 3.12. The molecular weight excluding hydrogens is 383 g/mol. The second kappa shape index (κ2) is 5.85. The van der Waals surface area contributed by atoms with E-state index in [1.54, 1.807) is 6.92 Å². The zero-order valence-electron chi connectivity index (χ0n) is 12.5. The zero-order chi connectivity index (χ0) is 18.5. The Morgan fingerprint density at radius 1 is 1.40 bits per heavy atom. The number of thiazole rings is 1. The molecule has 3 rings (SSSR count). The van der Waals surface area contributed by atoms with E-state index in [0.29, 0.717) is 15.6 Å². The van der Waals surface area contributed by atoms with E-state index in [2.05, 4.69) is 10.1 Å². The molecule has 0 aliphatic heterocycles. The number of rotatable bonds is 3. The Labute approximate surface area is 146 Å². The second-order valence-electron chi connectivity index (χ2n) is 5.08. The fraction of sp³-hybridized carbons (Fsp3) is 0.231. The van der Waals surface area contributed by atoms with Crippen molar-refractivity contribution in [1.82, 2.24) is 19.2 Å². The van der Waals surface area contributed by atoms with Gasteiger partial charge in [0.1, 0.15) is 11.4 Å². The van der Waals surface area contributed by atoms with Gasteiger partial charge in [0.05, 0.1) is 12.2 Å². The number of carbonyl (C=O) groups excluding carboxylic acids is 1. The highest BCUT2D eigenvalue weighted by atomic mass is 35.5. The smallest absolute Gasteiger partial charge is 0.364 e. The fourth-order valence-corrected chi connectivity index (χ4v) is 3.57. The Kier molecular flexibility index (Phi) is 4.07. The molecule has 3 aromatic heterocycles. The molecule has 0 fully saturated rings. The number of aryl methyl sites for hydroxylation is 1. The van der Waals surface area contributed by atoms with Gasteiger partial charge in [0.25, 0.3) is 11.5 Å². The van der Waals surface area contributed by atoms with Gasteiger partial charge in [-0.1, -0.05) is 11.6 Å². The zero-order valence-corrected chi connectivity index (χ0v) is 14.0. The molecule has 0 unspecified atom stereocenters. The van der Waals surface area contributed by atoms with E-state index < -0.39 is 29.9 Å². The van der Waals surface area contributed by atoms with Gasteiger partial charge in [-0.2, -0.15) is 18.3 Å². The normalized spacial score (nSPS) is 12.0. The third-order valence-corrected chi connectivity index (χ3v) is 4.47. The molecule has 0 aromatic carbocycles. The molecule has 12 heteroatoms. The summed E-state index contributed by atoms with van der Waals surface area (Å²) in [6.07, 6.45) is -4.65. The number of fused-ring (bicyclic) bond motifs is 1. The van der Waals surface area contributed by atoms with Crippen LogP contribution in [0.3, 0.4) is 0 Å². The van der Waals surface area contributed by atoms with Gasteiger partial charge in [0, 0.05) is 17.0 Å². The molecule has 3 heterocycles. The molecule has 0 spiro atoms. The summed E-state index contributed by atoms with van der Waals surface area (Å²) in [6, 6.07) is 1.72. The molecule has 0 saturated carbocycles. The van der Waals surface area contributed by atoms with Crippen LogP contribution in [0.25, 0.3) is 4.96 Å². The monoisotopic (exact) mass is 391 g/mol. The van der Waals surface area contributed by atoms with Crippen LogP contribution in [-0.4, -0.2) is 25.1 Å². The van der Waals surface area contributed by atoms with Crippen molar-refractivity contribution in [2.75, 3.05) is 0 Å². The van der Waals surface area contributed by atoms with Crippen molar-refractivity contribution in [3.63, 3.8) is 0 Å². The van der Waals surface area contributed by atoms with E-state index in [4.69, 9.17) is 17.3 Å². The van der Waals surface area contributed by atoms with Crippen molar-refractivity contribution in [1.29, 1.82) is 0 Å². The van der Waals surface area contributed by atoms with Crippen molar-refractivity contribution in [2.24, 2.45) is 5.73 Å². The van der Waals surface area contributed by atoms with Gasteiger partial charge in [0.2, 0.25) is 0 Å². The van der Waals surface area contributed by atoms with Gasteiger partial charge in [-0.05, 0) is 6.92 Å². The van der Waals surface area contributed by atoms with Gasteiger partial charge in [-0.15, -0.1) is 11.3 Å². The summed E-state index contributed by atoms with van der Waals surface area (Å²) in [5, 5.41) is 3.25. The van der Waals surface area contributed by atoms with E-state index in [1.807, 2.05) is 0 Å². The Balaban J connectivity index is 2.11. The number of halogens is 4. The highest BCUT2D eigenvalue weighted by Gasteiger charge is 2.35. The molecule has 0 radical (unpaired) electrons. The quantitative estimate of drug-likeness (QED) is 0.739. The molecule has 132 valence electrons. The van der Waals surface area contributed by atoms with Crippen molar-refractivity contribution < 1.29 is 18.0 Å². The Morgan fingerprint density at radius 2 is 2.08 bits per heavy atom. The summed E-state index contributed by atoms with van der Waals surface area (Å²) in [5.74, 6) is -0.793. The van der Waals surface area contributed by atoms with Crippen LogP contribution in [-0.2, 0) is 12.7 Å². The Hall–Kier alpha value is -2.40. The predicted octanol–water partition coefficient (Wildman–Crippen LogP) is 2.08. The predicted molar refractivity (Wildman–Crippen MR) is 83.9 cm³/mol. The number of carbonyl (C=O) groups is 1. The molecular formula is C13H9ClF3N5O2S. The minimum Gasteiger partial charge on any atom is -0.364 e. The average molecular weight is 392 g/mol. The molecule has 7 nitrogen and oxygen atoms in total. The molecule has 0 atom stereocenters. The number of amides is 1. The van der Waals surface area contributed by atoms with E-state index in [0.717, 1.165) is 21.8 Å². The molecule has 2 N–H and O–H groups in total. The SMILES string of the molecule is Cc1sc2nc(Cn3nc(Cl)cc3C(F)(F)F)cc(=O)n2c1C(N)=O. The van der Waals surface area contributed by atoms with E-state index in [1.165, 1.54) is 0 Å². The van der Waals surface area contributed by atoms with E-state index >= 15 is 0 Å². The average Bonchev–Trinajstić information content (AvgIpc) is 2.98. The maximum absolute atomic E-state index is 13.0. The highest BCUT2D eigenvalue weighted by Crippen LogP contribution is 2.31. The van der Waals surface area contributed by atoms with E-state index in [-0.39, 0.29) is 21.5 Å². The maximum Gasteiger partial charge on any atom is 0.433 e. The summed E-state index contributed by atoms with van der Waals surface area (Å²) >= 11 is 6.59. The third-order valence-electron chi connectivity index (χ3n) is 3.33. The molecule has 3 aromatic rings. The van der Waals surface area contributed by atoms with Gasteiger partial charge in [-0.25, -0.2) is 9.38 Å². The van der Waals surface area contributed by atoms with Crippen LogP contribution >= 0.6 is 22.9 Å². The number of hydrogen-bond donors (Lipinski definition) is 1. The topological polar surface area (TPSA) is 95.3 Å². The lowest BCUT2D eigenvalue weighted by molar-refractivity contribution is -0.144. The first-order valence-corrected chi connectivity index (χ1v) is 7.90. The molecule has 0 aliphatic carbocycles. The van der Waals surface area contributed by atoms with E-state index in [9.17, 15) is 22.8 Å². The van der Waals surface area contributed by atoms with Gasteiger partial charge < -0.3 is 5.73 Å². The van der Waals surface area contributed by atoms with Crippen LogP contribution in [0.15, 0.2) is 16.9 Å². The lowest BCUT2D eigenvalue weighted by Gasteiger charge is -2.09. The standard InChI is InChI=1S/C13H9ClF3N5O2S/c1-5-10(11(18)24)22-9(23)2-6(19-12(22)25-5)4-21-7(13(15,16)17)3-8(14)20-21/h2-3H,4H2,1H3,(H2,18,24). The summed E-state index contributed by atoms with van der Waals surface area (Å²) in [4.78, 5) is 28.5. The first-order valence-electron chi connectivity index (χ1n) is 6.70.